The van der Waals surface area contributed by atoms with Gasteiger partial charge in [0, 0.05) is 13.6 Å². The first-order valence-corrected chi connectivity index (χ1v) is 2.95. The summed E-state index contributed by atoms with van der Waals surface area (Å²) >= 11 is 0. The van der Waals surface area contributed by atoms with Crippen molar-refractivity contribution >= 4 is 12.3 Å². The molecule has 10 heavy (non-hydrogen) atoms. The Kier molecular flexibility index (Phi) is 1.86. The summed E-state index contributed by atoms with van der Waals surface area (Å²) in [5.74, 6) is -0.158. The number of carbonyl (C=O) groups is 2. The quantitative estimate of drug-likeness (QED) is 0.443. The maximum atomic E-state index is 10.8. The third kappa shape index (κ3) is 1.24. The highest BCUT2D eigenvalue weighted by atomic mass is 16.2. The molecule has 1 unspecified atom stereocenters. The van der Waals surface area contributed by atoms with Gasteiger partial charge in [0.2, 0.25) is 6.41 Å². The second kappa shape index (κ2) is 2.66. The molecule has 1 heterocycles. The van der Waals surface area contributed by atoms with Crippen LogP contribution in [0.2, 0.25) is 0 Å². The SMILES string of the molecule is CN1CC(NC=O)C(=O)N1. The number of rotatable bonds is 2. The van der Waals surface area contributed by atoms with Gasteiger partial charge in [0.1, 0.15) is 6.04 Å². The molecule has 0 aromatic heterocycles. The van der Waals surface area contributed by atoms with Crippen molar-refractivity contribution in [2.45, 2.75) is 6.04 Å². The molecular weight excluding hydrogens is 134 g/mol. The summed E-state index contributed by atoms with van der Waals surface area (Å²) in [7, 11) is 1.74. The van der Waals surface area contributed by atoms with Gasteiger partial charge in [0.25, 0.3) is 5.91 Å². The Morgan fingerprint density at radius 3 is 3.00 bits per heavy atom. The summed E-state index contributed by atoms with van der Waals surface area (Å²) in [4.78, 5) is 20.7. The van der Waals surface area contributed by atoms with Crippen LogP contribution >= 0.6 is 0 Å². The lowest BCUT2D eigenvalue weighted by atomic mass is 10.3. The zero-order valence-corrected chi connectivity index (χ0v) is 5.63. The molecule has 0 radical (unpaired) electrons. The highest BCUT2D eigenvalue weighted by molar-refractivity contribution is 5.85. The van der Waals surface area contributed by atoms with E-state index in [0.29, 0.717) is 13.0 Å². The van der Waals surface area contributed by atoms with E-state index in [1.807, 2.05) is 0 Å². The molecule has 56 valence electrons. The van der Waals surface area contributed by atoms with Gasteiger partial charge < -0.3 is 5.32 Å². The van der Waals surface area contributed by atoms with Gasteiger partial charge in [-0.3, -0.25) is 15.0 Å². The second-order valence-electron chi connectivity index (χ2n) is 2.19. The Morgan fingerprint density at radius 2 is 2.60 bits per heavy atom. The van der Waals surface area contributed by atoms with Crippen LogP contribution in [0.5, 0.6) is 0 Å². The lowest BCUT2D eigenvalue weighted by Gasteiger charge is -2.04. The molecule has 1 aliphatic rings. The van der Waals surface area contributed by atoms with Gasteiger partial charge in [0.15, 0.2) is 0 Å². The van der Waals surface area contributed by atoms with Gasteiger partial charge in [-0.1, -0.05) is 0 Å². The van der Waals surface area contributed by atoms with Crippen molar-refractivity contribution in [1.82, 2.24) is 15.8 Å². The van der Waals surface area contributed by atoms with Gasteiger partial charge in [-0.15, -0.1) is 0 Å². The summed E-state index contributed by atoms with van der Waals surface area (Å²) in [6.45, 7) is 0.525. The molecule has 2 amide bonds. The molecule has 1 fully saturated rings. The van der Waals surface area contributed by atoms with Crippen molar-refractivity contribution in [2.24, 2.45) is 0 Å². The summed E-state index contributed by atoms with van der Waals surface area (Å²) in [6.07, 6.45) is 0.531. The maximum absolute atomic E-state index is 10.8. The molecule has 0 saturated carbocycles. The van der Waals surface area contributed by atoms with Crippen molar-refractivity contribution in [3.05, 3.63) is 0 Å². The first-order valence-electron chi connectivity index (χ1n) is 2.95. The van der Waals surface area contributed by atoms with E-state index in [4.69, 9.17) is 0 Å². The third-order valence-corrected chi connectivity index (χ3v) is 1.34. The number of amides is 2. The Hall–Kier alpha value is -1.10. The molecule has 1 saturated heterocycles. The van der Waals surface area contributed by atoms with Crippen molar-refractivity contribution in [3.63, 3.8) is 0 Å². The minimum Gasteiger partial charge on any atom is -0.346 e. The van der Waals surface area contributed by atoms with E-state index >= 15 is 0 Å². The van der Waals surface area contributed by atoms with Crippen LogP contribution < -0.4 is 10.7 Å². The third-order valence-electron chi connectivity index (χ3n) is 1.34. The highest BCUT2D eigenvalue weighted by Gasteiger charge is 2.26. The molecule has 0 bridgehead atoms. The van der Waals surface area contributed by atoms with Gasteiger partial charge in [0.05, 0.1) is 0 Å². The summed E-state index contributed by atoms with van der Waals surface area (Å²) < 4.78 is 0. The highest BCUT2D eigenvalue weighted by Crippen LogP contribution is 1.94. The van der Waals surface area contributed by atoms with Gasteiger partial charge >= 0.3 is 0 Å². The largest absolute Gasteiger partial charge is 0.346 e. The number of hydrogen-bond acceptors (Lipinski definition) is 3. The monoisotopic (exact) mass is 143 g/mol. The summed E-state index contributed by atoms with van der Waals surface area (Å²) in [6, 6.07) is -0.387. The molecule has 1 atom stereocenters. The Balaban J connectivity index is 2.46. The van der Waals surface area contributed by atoms with Crippen LogP contribution in [0.4, 0.5) is 0 Å². The van der Waals surface area contributed by atoms with E-state index in [2.05, 4.69) is 10.7 Å². The van der Waals surface area contributed by atoms with Gasteiger partial charge in [-0.2, -0.15) is 0 Å². The number of hydrogen-bond donors (Lipinski definition) is 2. The van der Waals surface area contributed by atoms with E-state index in [1.165, 1.54) is 0 Å². The molecular formula is C5H9N3O2. The fraction of sp³-hybridized carbons (Fsp3) is 0.600. The predicted octanol–water partition coefficient (Wildman–Crippen LogP) is -1.92. The fourth-order valence-corrected chi connectivity index (χ4v) is 0.879. The first-order chi connectivity index (χ1) is 4.74. The Labute approximate surface area is 58.3 Å². The van der Waals surface area contributed by atoms with Crippen LogP contribution in [-0.4, -0.2) is 37.0 Å². The van der Waals surface area contributed by atoms with Crippen LogP contribution in [0, 0.1) is 0 Å². The average Bonchev–Trinajstić information content (AvgIpc) is 2.13. The molecule has 1 aliphatic heterocycles. The first kappa shape index (κ1) is 7.01. The fourth-order valence-electron chi connectivity index (χ4n) is 0.879. The van der Waals surface area contributed by atoms with Crippen LogP contribution in [-0.2, 0) is 9.59 Å². The number of nitrogens with one attached hydrogen (secondary N) is 2. The van der Waals surface area contributed by atoms with E-state index in [9.17, 15) is 9.59 Å². The van der Waals surface area contributed by atoms with E-state index in [1.54, 1.807) is 12.1 Å². The molecule has 5 heteroatoms. The van der Waals surface area contributed by atoms with Crippen molar-refractivity contribution < 1.29 is 9.59 Å². The lowest BCUT2D eigenvalue weighted by molar-refractivity contribution is -0.124. The minimum absolute atomic E-state index is 0.158. The molecule has 0 aromatic rings. The Bertz CT molecular complexity index is 159. The molecule has 0 aliphatic carbocycles. The van der Waals surface area contributed by atoms with Crippen LogP contribution in [0.1, 0.15) is 0 Å². The summed E-state index contributed by atoms with van der Waals surface area (Å²) in [5.41, 5.74) is 2.52. The molecule has 1 rings (SSSR count). The standard InChI is InChI=1S/C5H9N3O2/c1-8-2-4(6-3-9)5(10)7-8/h3-4H,2H2,1H3,(H,6,9)(H,7,10). The Morgan fingerprint density at radius 1 is 1.90 bits per heavy atom. The van der Waals surface area contributed by atoms with E-state index < -0.39 is 0 Å². The zero-order chi connectivity index (χ0) is 7.56. The normalized spacial score (nSPS) is 26.1. The van der Waals surface area contributed by atoms with Crippen LogP contribution in [0.15, 0.2) is 0 Å². The van der Waals surface area contributed by atoms with Crippen LogP contribution in [0.3, 0.4) is 0 Å². The maximum Gasteiger partial charge on any atom is 0.258 e. The van der Waals surface area contributed by atoms with Crippen molar-refractivity contribution in [3.8, 4) is 0 Å². The average molecular weight is 143 g/mol. The number of nitrogens with zero attached hydrogens (tertiary/aromatic N) is 1. The van der Waals surface area contributed by atoms with Crippen LogP contribution in [0.25, 0.3) is 0 Å². The molecule has 0 spiro atoms. The van der Waals surface area contributed by atoms with Gasteiger partial charge in [-0.25, -0.2) is 5.01 Å². The smallest absolute Gasteiger partial charge is 0.258 e. The molecule has 5 nitrogen and oxygen atoms in total. The van der Waals surface area contributed by atoms with E-state index in [0.717, 1.165) is 0 Å². The molecule has 2 N–H and O–H groups in total. The number of carbonyl (C=O) groups excluding carboxylic acids is 2. The number of hydrazine groups is 1. The van der Waals surface area contributed by atoms with Gasteiger partial charge in [-0.05, 0) is 0 Å². The molecule has 0 aromatic carbocycles. The van der Waals surface area contributed by atoms with E-state index in [-0.39, 0.29) is 11.9 Å². The van der Waals surface area contributed by atoms with Crippen molar-refractivity contribution in [1.29, 1.82) is 0 Å². The number of likely N-dealkylation sites (N-methyl/N-ethyl adjacent to an activating group) is 1. The minimum atomic E-state index is -0.387. The second-order valence-corrected chi connectivity index (χ2v) is 2.19. The topological polar surface area (TPSA) is 61.4 Å². The van der Waals surface area contributed by atoms with Crippen molar-refractivity contribution in [2.75, 3.05) is 13.6 Å². The lowest BCUT2D eigenvalue weighted by Crippen LogP contribution is -2.36. The summed E-state index contributed by atoms with van der Waals surface area (Å²) in [5, 5.41) is 4.02. The zero-order valence-electron chi connectivity index (χ0n) is 5.63. The predicted molar refractivity (Wildman–Crippen MR) is 33.8 cm³/mol.